The van der Waals surface area contributed by atoms with Gasteiger partial charge in [0.25, 0.3) is 5.56 Å². The predicted octanol–water partition coefficient (Wildman–Crippen LogP) is 5.86. The fraction of sp³-hybridized carbons (Fsp3) is 0.185. The smallest absolute Gasteiger partial charge is 0.416 e. The normalized spacial score (nSPS) is 11.8. The van der Waals surface area contributed by atoms with E-state index in [0.717, 1.165) is 35.2 Å². The van der Waals surface area contributed by atoms with Crippen molar-refractivity contribution in [3.05, 3.63) is 97.3 Å². The van der Waals surface area contributed by atoms with Crippen molar-refractivity contribution in [3.8, 4) is 17.1 Å². The van der Waals surface area contributed by atoms with Crippen LogP contribution in [0.3, 0.4) is 0 Å². The standard InChI is InChI=1S/C27H20ClF3N4O6/c1-15(2)41-23(36)14-40-24-17(11-19(28)12-22(24)35(38)39)13-32-34-25(16-6-5-7-18(10-16)27(29,30)31)33-21-9-4-3-8-20(21)26(34)37/h3-13,15H,14H2,1-2H3. The van der Waals surface area contributed by atoms with Crippen LogP contribution in [-0.4, -0.2) is 39.5 Å². The molecule has 10 nitrogen and oxygen atoms in total. The maximum absolute atomic E-state index is 13.4. The van der Waals surface area contributed by atoms with Crippen molar-refractivity contribution in [1.82, 2.24) is 9.66 Å². The second kappa shape index (κ2) is 11.8. The molecule has 0 aliphatic carbocycles. The summed E-state index contributed by atoms with van der Waals surface area (Å²) in [7, 11) is 0. The van der Waals surface area contributed by atoms with Gasteiger partial charge in [0.05, 0.1) is 33.7 Å². The largest absolute Gasteiger partial charge is 0.474 e. The van der Waals surface area contributed by atoms with Crippen LogP contribution in [0.4, 0.5) is 18.9 Å². The average Bonchev–Trinajstić information content (AvgIpc) is 2.90. The van der Waals surface area contributed by atoms with Crippen molar-refractivity contribution in [2.45, 2.75) is 26.1 Å². The first-order valence-electron chi connectivity index (χ1n) is 11.9. The molecule has 0 N–H and O–H groups in total. The average molecular weight is 589 g/mol. The number of rotatable bonds is 8. The van der Waals surface area contributed by atoms with Gasteiger partial charge in [0, 0.05) is 22.2 Å². The molecule has 0 spiro atoms. The Morgan fingerprint density at radius 2 is 1.90 bits per heavy atom. The fourth-order valence-corrected chi connectivity index (χ4v) is 4.01. The molecule has 0 amide bonds. The monoisotopic (exact) mass is 588 g/mol. The van der Waals surface area contributed by atoms with Gasteiger partial charge in [-0.05, 0) is 44.2 Å². The van der Waals surface area contributed by atoms with Crippen LogP contribution >= 0.6 is 11.6 Å². The number of para-hydroxylation sites is 1. The third kappa shape index (κ3) is 6.69. The number of hydrogen-bond donors (Lipinski definition) is 0. The van der Waals surface area contributed by atoms with Crippen molar-refractivity contribution in [1.29, 1.82) is 0 Å². The summed E-state index contributed by atoms with van der Waals surface area (Å²) in [5.41, 5.74) is -2.25. The number of benzene rings is 3. The highest BCUT2D eigenvalue weighted by atomic mass is 35.5. The molecular weight excluding hydrogens is 569 g/mol. The summed E-state index contributed by atoms with van der Waals surface area (Å²) in [5.74, 6) is -1.42. The van der Waals surface area contributed by atoms with Crippen LogP contribution < -0.4 is 10.3 Å². The number of fused-ring (bicyclic) bond motifs is 1. The summed E-state index contributed by atoms with van der Waals surface area (Å²) in [5, 5.41) is 15.9. The number of aromatic nitrogens is 2. The maximum atomic E-state index is 13.4. The number of carbonyl (C=O) groups excluding carboxylic acids is 1. The zero-order chi connectivity index (χ0) is 29.9. The molecule has 1 aromatic heterocycles. The van der Waals surface area contributed by atoms with E-state index in [9.17, 15) is 32.9 Å². The van der Waals surface area contributed by atoms with Crippen LogP contribution in [0.15, 0.2) is 70.6 Å². The van der Waals surface area contributed by atoms with Gasteiger partial charge in [0.15, 0.2) is 12.4 Å². The number of nitrogens with zero attached hydrogens (tertiary/aromatic N) is 4. The van der Waals surface area contributed by atoms with E-state index in [1.165, 1.54) is 24.3 Å². The van der Waals surface area contributed by atoms with E-state index in [1.807, 2.05) is 0 Å². The lowest BCUT2D eigenvalue weighted by molar-refractivity contribution is -0.385. The Hall–Kier alpha value is -4.78. The molecule has 3 aromatic carbocycles. The summed E-state index contributed by atoms with van der Waals surface area (Å²) < 4.78 is 51.5. The molecule has 0 saturated heterocycles. The van der Waals surface area contributed by atoms with E-state index in [2.05, 4.69) is 10.1 Å². The Bertz CT molecular complexity index is 1740. The lowest BCUT2D eigenvalue weighted by Crippen LogP contribution is -2.21. The van der Waals surface area contributed by atoms with E-state index < -0.39 is 52.3 Å². The van der Waals surface area contributed by atoms with Crippen molar-refractivity contribution >= 4 is 40.4 Å². The van der Waals surface area contributed by atoms with Gasteiger partial charge in [-0.25, -0.2) is 9.78 Å². The van der Waals surface area contributed by atoms with Crippen LogP contribution in [0.2, 0.25) is 5.02 Å². The molecule has 1 heterocycles. The van der Waals surface area contributed by atoms with Crippen LogP contribution in [-0.2, 0) is 15.7 Å². The van der Waals surface area contributed by atoms with E-state index in [-0.39, 0.29) is 32.9 Å². The number of carbonyl (C=O) groups is 1. The Morgan fingerprint density at radius 1 is 1.17 bits per heavy atom. The maximum Gasteiger partial charge on any atom is 0.416 e. The van der Waals surface area contributed by atoms with Crippen molar-refractivity contribution < 1.29 is 32.4 Å². The molecule has 0 unspecified atom stereocenters. The predicted molar refractivity (Wildman–Crippen MR) is 144 cm³/mol. The lowest BCUT2D eigenvalue weighted by atomic mass is 10.1. The SMILES string of the molecule is CC(C)OC(=O)COc1c(C=Nn2c(-c3cccc(C(F)(F)F)c3)nc3ccccc3c2=O)cc(Cl)cc1[N+](=O)[O-]. The number of alkyl halides is 3. The van der Waals surface area contributed by atoms with Crippen LogP contribution in [0.25, 0.3) is 22.3 Å². The molecule has 0 atom stereocenters. The van der Waals surface area contributed by atoms with Gasteiger partial charge in [-0.1, -0.05) is 35.9 Å². The number of nitro benzene ring substituents is 1. The zero-order valence-electron chi connectivity index (χ0n) is 21.4. The van der Waals surface area contributed by atoms with Crippen LogP contribution in [0, 0.1) is 10.1 Å². The second-order valence-corrected chi connectivity index (χ2v) is 9.26. The number of esters is 1. The minimum absolute atomic E-state index is 0.0650. The number of halogens is 4. The summed E-state index contributed by atoms with van der Waals surface area (Å²) in [6.07, 6.45) is -4.13. The number of ether oxygens (including phenoxy) is 2. The summed E-state index contributed by atoms with van der Waals surface area (Å²) in [4.78, 5) is 40.8. The summed E-state index contributed by atoms with van der Waals surface area (Å²) in [6.45, 7) is 2.53. The van der Waals surface area contributed by atoms with Crippen LogP contribution in [0.5, 0.6) is 5.75 Å². The van der Waals surface area contributed by atoms with E-state index in [1.54, 1.807) is 26.0 Å². The van der Waals surface area contributed by atoms with Gasteiger partial charge in [-0.15, -0.1) is 0 Å². The molecule has 0 bridgehead atoms. The first kappa shape index (κ1) is 29.2. The lowest BCUT2D eigenvalue weighted by Gasteiger charge is -2.13. The van der Waals surface area contributed by atoms with Gasteiger partial charge >= 0.3 is 17.8 Å². The molecule has 4 rings (SSSR count). The fourth-order valence-electron chi connectivity index (χ4n) is 3.79. The van der Waals surface area contributed by atoms with Gasteiger partial charge in [-0.3, -0.25) is 14.9 Å². The first-order valence-corrected chi connectivity index (χ1v) is 12.3. The van der Waals surface area contributed by atoms with Crippen molar-refractivity contribution in [3.63, 3.8) is 0 Å². The Morgan fingerprint density at radius 3 is 2.59 bits per heavy atom. The second-order valence-electron chi connectivity index (χ2n) is 8.82. The quantitative estimate of drug-likeness (QED) is 0.109. The Balaban J connectivity index is 1.89. The topological polar surface area (TPSA) is 126 Å². The van der Waals surface area contributed by atoms with E-state index >= 15 is 0 Å². The number of hydrogen-bond acceptors (Lipinski definition) is 8. The molecule has 0 fully saturated rings. The van der Waals surface area contributed by atoms with Gasteiger partial charge in [-0.2, -0.15) is 22.9 Å². The molecule has 0 saturated carbocycles. The minimum Gasteiger partial charge on any atom is -0.474 e. The molecule has 0 aliphatic heterocycles. The Labute approximate surface area is 234 Å². The molecule has 0 aliphatic rings. The molecule has 41 heavy (non-hydrogen) atoms. The zero-order valence-corrected chi connectivity index (χ0v) is 22.1. The highest BCUT2D eigenvalue weighted by Gasteiger charge is 2.31. The van der Waals surface area contributed by atoms with E-state index in [4.69, 9.17) is 21.1 Å². The van der Waals surface area contributed by atoms with Gasteiger partial charge < -0.3 is 9.47 Å². The van der Waals surface area contributed by atoms with Crippen molar-refractivity contribution in [2.75, 3.05) is 6.61 Å². The summed E-state index contributed by atoms with van der Waals surface area (Å²) in [6, 6.07) is 12.6. The molecule has 212 valence electrons. The van der Waals surface area contributed by atoms with Crippen molar-refractivity contribution in [2.24, 2.45) is 5.10 Å². The third-order valence-electron chi connectivity index (χ3n) is 5.48. The number of nitro groups is 1. The molecule has 14 heteroatoms. The van der Waals surface area contributed by atoms with E-state index in [0.29, 0.717) is 0 Å². The summed E-state index contributed by atoms with van der Waals surface area (Å²) >= 11 is 6.08. The molecular formula is C27H20ClF3N4O6. The highest BCUT2D eigenvalue weighted by Crippen LogP contribution is 2.34. The van der Waals surface area contributed by atoms with Gasteiger partial charge in [0.2, 0.25) is 5.75 Å². The molecule has 0 radical (unpaired) electrons. The minimum atomic E-state index is -4.66. The highest BCUT2D eigenvalue weighted by molar-refractivity contribution is 6.31. The van der Waals surface area contributed by atoms with Gasteiger partial charge in [0.1, 0.15) is 0 Å². The first-order chi connectivity index (χ1) is 19.3. The van der Waals surface area contributed by atoms with Crippen LogP contribution in [0.1, 0.15) is 25.0 Å². The molecule has 4 aromatic rings. The Kier molecular flexibility index (Phi) is 8.38. The third-order valence-corrected chi connectivity index (χ3v) is 5.69.